The standard InChI is InChI=1S/C16H34N.ClH/c1-3-5-6-7-8-9-10-14-17(13-4-2)15-11-12-16-17;/h3-16H2,1-2H3;1H/q+1;/p-1. The highest BCUT2D eigenvalue weighted by Crippen LogP contribution is 2.21. The van der Waals surface area contributed by atoms with Crippen LogP contribution in [0.1, 0.15) is 78.1 Å². The monoisotopic (exact) mass is 275 g/mol. The summed E-state index contributed by atoms with van der Waals surface area (Å²) in [5.41, 5.74) is 0. The molecule has 0 bridgehead atoms. The molecule has 1 aliphatic heterocycles. The Balaban J connectivity index is 0.00000289. The van der Waals surface area contributed by atoms with Crippen molar-refractivity contribution in [2.24, 2.45) is 0 Å². The Morgan fingerprint density at radius 1 is 0.667 bits per heavy atom. The molecular formula is C16H34ClN. The van der Waals surface area contributed by atoms with E-state index in [-0.39, 0.29) is 12.4 Å². The average Bonchev–Trinajstić information content (AvgIpc) is 2.77. The summed E-state index contributed by atoms with van der Waals surface area (Å²) < 4.78 is 1.46. The summed E-state index contributed by atoms with van der Waals surface area (Å²) in [6.45, 7) is 10.5. The lowest BCUT2D eigenvalue weighted by Crippen LogP contribution is -3.00. The van der Waals surface area contributed by atoms with E-state index in [9.17, 15) is 0 Å². The van der Waals surface area contributed by atoms with Crippen LogP contribution in [0.2, 0.25) is 0 Å². The number of rotatable bonds is 10. The first-order chi connectivity index (χ1) is 8.33. The predicted octanol–water partition coefficient (Wildman–Crippen LogP) is 1.76. The summed E-state index contributed by atoms with van der Waals surface area (Å²) >= 11 is 0. The molecule has 18 heavy (non-hydrogen) atoms. The van der Waals surface area contributed by atoms with Gasteiger partial charge >= 0.3 is 0 Å². The van der Waals surface area contributed by atoms with Crippen LogP contribution in [-0.4, -0.2) is 30.7 Å². The van der Waals surface area contributed by atoms with Gasteiger partial charge in [0, 0.05) is 12.8 Å². The predicted molar refractivity (Wildman–Crippen MR) is 77.2 cm³/mol. The average molecular weight is 276 g/mol. The Kier molecular flexibility index (Phi) is 11.3. The van der Waals surface area contributed by atoms with Crippen LogP contribution in [0.15, 0.2) is 0 Å². The van der Waals surface area contributed by atoms with E-state index in [2.05, 4.69) is 13.8 Å². The second-order valence-corrected chi connectivity index (χ2v) is 6.06. The molecule has 1 saturated heterocycles. The van der Waals surface area contributed by atoms with Gasteiger partial charge in [0.15, 0.2) is 0 Å². The molecule has 1 rings (SSSR count). The second kappa shape index (κ2) is 11.1. The van der Waals surface area contributed by atoms with Gasteiger partial charge in [0.2, 0.25) is 0 Å². The first-order valence-corrected chi connectivity index (χ1v) is 8.18. The lowest BCUT2D eigenvalue weighted by molar-refractivity contribution is -0.917. The van der Waals surface area contributed by atoms with Crippen molar-refractivity contribution in [1.29, 1.82) is 0 Å². The zero-order valence-corrected chi connectivity index (χ0v) is 13.5. The maximum Gasteiger partial charge on any atom is 0.0788 e. The minimum absolute atomic E-state index is 0. The molecule has 0 spiro atoms. The van der Waals surface area contributed by atoms with Crippen LogP contribution in [0.25, 0.3) is 0 Å². The van der Waals surface area contributed by atoms with Gasteiger partial charge in [0.05, 0.1) is 26.2 Å². The van der Waals surface area contributed by atoms with Crippen LogP contribution in [0.5, 0.6) is 0 Å². The SMILES string of the molecule is CCCCCCCCC[N+]1(CCC)CCCC1.[Cl-]. The number of likely N-dealkylation sites (tertiary alicyclic amines) is 1. The van der Waals surface area contributed by atoms with E-state index in [4.69, 9.17) is 0 Å². The smallest absolute Gasteiger partial charge is 0.0788 e. The quantitative estimate of drug-likeness (QED) is 0.421. The van der Waals surface area contributed by atoms with Gasteiger partial charge in [-0.3, -0.25) is 0 Å². The third-order valence-electron chi connectivity index (χ3n) is 4.45. The first kappa shape index (κ1) is 18.2. The van der Waals surface area contributed by atoms with E-state index >= 15 is 0 Å². The fourth-order valence-electron chi connectivity index (χ4n) is 3.44. The fraction of sp³-hybridized carbons (Fsp3) is 1.00. The van der Waals surface area contributed by atoms with Crippen molar-refractivity contribution >= 4 is 0 Å². The van der Waals surface area contributed by atoms with Crippen molar-refractivity contribution in [3.63, 3.8) is 0 Å². The molecule has 1 aliphatic rings. The summed E-state index contributed by atoms with van der Waals surface area (Å²) in [4.78, 5) is 0. The second-order valence-electron chi connectivity index (χ2n) is 6.06. The van der Waals surface area contributed by atoms with E-state index in [0.29, 0.717) is 0 Å². The van der Waals surface area contributed by atoms with Gasteiger partial charge in [-0.05, 0) is 19.3 Å². The number of hydrogen-bond donors (Lipinski definition) is 0. The van der Waals surface area contributed by atoms with Crippen molar-refractivity contribution in [2.75, 3.05) is 26.2 Å². The summed E-state index contributed by atoms with van der Waals surface area (Å²) in [6, 6.07) is 0. The fourth-order valence-corrected chi connectivity index (χ4v) is 3.44. The Morgan fingerprint density at radius 3 is 1.78 bits per heavy atom. The molecule has 0 saturated carbocycles. The summed E-state index contributed by atoms with van der Waals surface area (Å²) in [7, 11) is 0. The lowest BCUT2D eigenvalue weighted by atomic mass is 10.1. The molecule has 0 aromatic rings. The third-order valence-corrected chi connectivity index (χ3v) is 4.45. The summed E-state index contributed by atoms with van der Waals surface area (Å²) in [5, 5.41) is 0. The normalized spacial score (nSPS) is 17.7. The van der Waals surface area contributed by atoms with Gasteiger partial charge in [-0.1, -0.05) is 46.0 Å². The minimum Gasteiger partial charge on any atom is -1.00 e. The molecule has 1 heterocycles. The Bertz CT molecular complexity index is 176. The van der Waals surface area contributed by atoms with Crippen LogP contribution in [0, 0.1) is 0 Å². The van der Waals surface area contributed by atoms with E-state index in [1.807, 2.05) is 0 Å². The highest BCUT2D eigenvalue weighted by Gasteiger charge is 2.29. The maximum atomic E-state index is 2.35. The topological polar surface area (TPSA) is 0 Å². The number of quaternary nitrogens is 1. The van der Waals surface area contributed by atoms with Crippen LogP contribution >= 0.6 is 0 Å². The number of unbranched alkanes of at least 4 members (excludes halogenated alkanes) is 6. The zero-order valence-electron chi connectivity index (χ0n) is 12.7. The van der Waals surface area contributed by atoms with Gasteiger partial charge in [-0.15, -0.1) is 0 Å². The van der Waals surface area contributed by atoms with Crippen molar-refractivity contribution in [3.05, 3.63) is 0 Å². The van der Waals surface area contributed by atoms with E-state index in [0.717, 1.165) is 0 Å². The molecule has 0 N–H and O–H groups in total. The Hall–Kier alpha value is 0.250. The Morgan fingerprint density at radius 2 is 1.22 bits per heavy atom. The van der Waals surface area contributed by atoms with Gasteiger partial charge in [0.25, 0.3) is 0 Å². The maximum absolute atomic E-state index is 2.35. The van der Waals surface area contributed by atoms with Crippen molar-refractivity contribution < 1.29 is 16.9 Å². The largest absolute Gasteiger partial charge is 1.00 e. The molecule has 1 fully saturated rings. The van der Waals surface area contributed by atoms with Gasteiger partial charge in [-0.25, -0.2) is 0 Å². The molecule has 0 amide bonds. The van der Waals surface area contributed by atoms with E-state index in [1.165, 1.54) is 94.9 Å². The van der Waals surface area contributed by atoms with E-state index in [1.54, 1.807) is 0 Å². The molecule has 0 radical (unpaired) electrons. The van der Waals surface area contributed by atoms with E-state index < -0.39 is 0 Å². The highest BCUT2D eigenvalue weighted by atomic mass is 35.5. The number of nitrogens with zero attached hydrogens (tertiary/aromatic N) is 1. The zero-order chi connectivity index (χ0) is 12.4. The van der Waals surface area contributed by atoms with Crippen LogP contribution in [-0.2, 0) is 0 Å². The molecule has 110 valence electrons. The highest BCUT2D eigenvalue weighted by molar-refractivity contribution is 4.56. The molecular weight excluding hydrogens is 242 g/mol. The number of halogens is 1. The summed E-state index contributed by atoms with van der Waals surface area (Å²) in [6.07, 6.45) is 14.5. The van der Waals surface area contributed by atoms with Crippen molar-refractivity contribution in [1.82, 2.24) is 0 Å². The van der Waals surface area contributed by atoms with Crippen LogP contribution in [0.4, 0.5) is 0 Å². The van der Waals surface area contributed by atoms with Crippen molar-refractivity contribution in [3.8, 4) is 0 Å². The molecule has 1 nitrogen and oxygen atoms in total. The first-order valence-electron chi connectivity index (χ1n) is 8.18. The molecule has 0 unspecified atom stereocenters. The number of hydrogen-bond acceptors (Lipinski definition) is 0. The van der Waals surface area contributed by atoms with Gasteiger partial charge in [-0.2, -0.15) is 0 Å². The van der Waals surface area contributed by atoms with Gasteiger partial charge < -0.3 is 16.9 Å². The summed E-state index contributed by atoms with van der Waals surface area (Å²) in [5.74, 6) is 0. The van der Waals surface area contributed by atoms with Gasteiger partial charge in [0.1, 0.15) is 0 Å². The minimum atomic E-state index is 0. The molecule has 0 aliphatic carbocycles. The van der Waals surface area contributed by atoms with Crippen LogP contribution in [0.3, 0.4) is 0 Å². The third kappa shape index (κ3) is 6.99. The van der Waals surface area contributed by atoms with Crippen LogP contribution < -0.4 is 12.4 Å². The molecule has 0 aromatic carbocycles. The Labute approximate surface area is 121 Å². The molecule has 2 heteroatoms. The molecule has 0 aromatic heterocycles. The molecule has 0 atom stereocenters. The van der Waals surface area contributed by atoms with Crippen molar-refractivity contribution in [2.45, 2.75) is 78.1 Å². The lowest BCUT2D eigenvalue weighted by Gasteiger charge is -2.34.